The lowest BCUT2D eigenvalue weighted by molar-refractivity contribution is -0.121. The van der Waals surface area contributed by atoms with Gasteiger partial charge in [0.1, 0.15) is 0 Å². The largest absolute Gasteiger partial charge is 0.356 e. The van der Waals surface area contributed by atoms with Gasteiger partial charge in [0.05, 0.1) is 11.2 Å². The van der Waals surface area contributed by atoms with Crippen LogP contribution in [0.4, 0.5) is 0 Å². The van der Waals surface area contributed by atoms with Crippen molar-refractivity contribution in [1.82, 2.24) is 29.7 Å². The van der Waals surface area contributed by atoms with Crippen molar-refractivity contribution < 1.29 is 4.79 Å². The second-order valence-corrected chi connectivity index (χ2v) is 7.87. The van der Waals surface area contributed by atoms with E-state index in [4.69, 9.17) is 4.98 Å². The fourth-order valence-corrected chi connectivity index (χ4v) is 4.02. The monoisotopic (exact) mass is 404 g/mol. The Bertz CT molecular complexity index is 1220. The van der Waals surface area contributed by atoms with Crippen LogP contribution in [-0.2, 0) is 17.8 Å². The van der Waals surface area contributed by atoms with Gasteiger partial charge in [-0.3, -0.25) is 9.48 Å². The van der Waals surface area contributed by atoms with Crippen LogP contribution >= 0.6 is 0 Å². The molecule has 7 heteroatoms. The average molecular weight is 405 g/mol. The summed E-state index contributed by atoms with van der Waals surface area (Å²) in [5, 5.41) is 13.2. The number of hydrogen-bond acceptors (Lipinski definition) is 4. The van der Waals surface area contributed by atoms with E-state index >= 15 is 0 Å². The number of nitrogens with one attached hydrogen (secondary N) is 1. The summed E-state index contributed by atoms with van der Waals surface area (Å²) in [6, 6.07) is 10.1. The molecular weight excluding hydrogens is 376 g/mol. The Morgan fingerprint density at radius 2 is 1.90 bits per heavy atom. The molecule has 0 aliphatic heterocycles. The molecule has 0 fully saturated rings. The number of carbonyl (C=O) groups is 1. The lowest BCUT2D eigenvalue weighted by Crippen LogP contribution is -2.26. The first kappa shape index (κ1) is 20.1. The Kier molecular flexibility index (Phi) is 5.53. The molecule has 0 saturated carbocycles. The van der Waals surface area contributed by atoms with Gasteiger partial charge in [-0.05, 0) is 64.3 Å². The molecule has 1 N–H and O–H groups in total. The molecule has 0 bridgehead atoms. The van der Waals surface area contributed by atoms with Crippen LogP contribution in [0.3, 0.4) is 0 Å². The molecule has 0 spiro atoms. The van der Waals surface area contributed by atoms with Crippen molar-refractivity contribution in [3.8, 4) is 0 Å². The predicted octanol–water partition coefficient (Wildman–Crippen LogP) is 3.45. The first-order valence-electron chi connectivity index (χ1n) is 10.5. The zero-order valence-electron chi connectivity index (χ0n) is 18.1. The van der Waals surface area contributed by atoms with Gasteiger partial charge in [0, 0.05) is 42.0 Å². The van der Waals surface area contributed by atoms with E-state index < -0.39 is 0 Å². The van der Waals surface area contributed by atoms with Crippen LogP contribution < -0.4 is 5.32 Å². The van der Waals surface area contributed by atoms with Crippen LogP contribution in [0, 0.1) is 27.7 Å². The number of rotatable bonds is 7. The summed E-state index contributed by atoms with van der Waals surface area (Å²) in [5.74, 6) is 0.0629. The van der Waals surface area contributed by atoms with E-state index in [1.807, 2.05) is 47.3 Å². The number of benzene rings is 1. The normalized spacial score (nSPS) is 11.5. The van der Waals surface area contributed by atoms with Gasteiger partial charge in [-0.1, -0.05) is 12.1 Å². The number of aryl methyl sites for hydroxylation is 5. The highest BCUT2D eigenvalue weighted by Gasteiger charge is 2.14. The summed E-state index contributed by atoms with van der Waals surface area (Å²) in [6.45, 7) is 9.57. The number of aromatic nitrogens is 5. The predicted molar refractivity (Wildman–Crippen MR) is 118 cm³/mol. The van der Waals surface area contributed by atoms with Gasteiger partial charge in [0.25, 0.3) is 0 Å². The molecule has 30 heavy (non-hydrogen) atoms. The molecular formula is C23H28N6O. The Morgan fingerprint density at radius 3 is 2.67 bits per heavy atom. The minimum absolute atomic E-state index is 0.0629. The number of amides is 1. The van der Waals surface area contributed by atoms with E-state index in [1.165, 1.54) is 0 Å². The minimum Gasteiger partial charge on any atom is -0.356 e. The van der Waals surface area contributed by atoms with Gasteiger partial charge in [-0.15, -0.1) is 0 Å². The van der Waals surface area contributed by atoms with Gasteiger partial charge in [0.15, 0.2) is 5.65 Å². The summed E-state index contributed by atoms with van der Waals surface area (Å²) in [4.78, 5) is 17.1. The molecule has 156 valence electrons. The molecule has 1 amide bonds. The van der Waals surface area contributed by atoms with Crippen molar-refractivity contribution in [3.05, 3.63) is 58.7 Å². The van der Waals surface area contributed by atoms with E-state index in [0.29, 0.717) is 19.4 Å². The highest BCUT2D eigenvalue weighted by molar-refractivity contribution is 5.92. The van der Waals surface area contributed by atoms with Crippen molar-refractivity contribution in [1.29, 1.82) is 0 Å². The van der Waals surface area contributed by atoms with Crippen molar-refractivity contribution >= 4 is 22.5 Å². The molecule has 0 aliphatic carbocycles. The Labute approximate surface area is 176 Å². The minimum atomic E-state index is 0.0629. The van der Waals surface area contributed by atoms with Crippen LogP contribution in [0.15, 0.2) is 30.3 Å². The summed E-state index contributed by atoms with van der Waals surface area (Å²) in [5.41, 5.74) is 7.09. The van der Waals surface area contributed by atoms with Crippen LogP contribution in [0.5, 0.6) is 0 Å². The molecule has 0 aliphatic rings. The van der Waals surface area contributed by atoms with Gasteiger partial charge in [0.2, 0.25) is 5.91 Å². The number of fused-ring (bicyclic) bond motifs is 3. The quantitative estimate of drug-likeness (QED) is 0.479. The number of nitrogens with zero attached hydrogens (tertiary/aromatic N) is 5. The maximum atomic E-state index is 12.3. The van der Waals surface area contributed by atoms with E-state index in [-0.39, 0.29) is 5.91 Å². The van der Waals surface area contributed by atoms with Crippen LogP contribution in [0.2, 0.25) is 0 Å². The number of hydrogen-bond donors (Lipinski definition) is 1. The van der Waals surface area contributed by atoms with Crippen molar-refractivity contribution in [2.75, 3.05) is 6.54 Å². The third-order valence-electron chi connectivity index (χ3n) is 5.59. The standard InChI is InChI=1S/C23H28N6O/c1-15-14-16(2)28(26-15)13-7-12-24-22(30)11-10-19-17(3)25-23-20-8-5-6-9-21(20)27-29(23)18(19)4/h5-6,8-9,14H,7,10-13H2,1-4H3,(H,24,30). The molecule has 0 atom stereocenters. The van der Waals surface area contributed by atoms with E-state index in [9.17, 15) is 4.79 Å². The molecule has 0 unspecified atom stereocenters. The molecule has 1 aromatic carbocycles. The Hall–Kier alpha value is -3.22. The SMILES string of the molecule is Cc1cc(C)n(CCCNC(=O)CCc2c(C)nc3c4ccccc4nn3c2C)n1. The third kappa shape index (κ3) is 3.92. The smallest absolute Gasteiger partial charge is 0.220 e. The van der Waals surface area contributed by atoms with Gasteiger partial charge >= 0.3 is 0 Å². The fourth-order valence-electron chi connectivity index (χ4n) is 4.02. The Morgan fingerprint density at radius 1 is 1.10 bits per heavy atom. The maximum Gasteiger partial charge on any atom is 0.220 e. The van der Waals surface area contributed by atoms with E-state index in [0.717, 1.165) is 57.9 Å². The summed E-state index contributed by atoms with van der Waals surface area (Å²) in [7, 11) is 0. The molecule has 0 saturated heterocycles. The molecule has 4 rings (SSSR count). The first-order chi connectivity index (χ1) is 14.4. The van der Waals surface area contributed by atoms with Gasteiger partial charge < -0.3 is 5.32 Å². The highest BCUT2D eigenvalue weighted by Crippen LogP contribution is 2.22. The zero-order valence-corrected chi connectivity index (χ0v) is 18.1. The second-order valence-electron chi connectivity index (χ2n) is 7.87. The van der Waals surface area contributed by atoms with Crippen LogP contribution in [0.25, 0.3) is 16.6 Å². The zero-order chi connectivity index (χ0) is 21.3. The van der Waals surface area contributed by atoms with Gasteiger partial charge in [-0.25, -0.2) is 9.50 Å². The van der Waals surface area contributed by atoms with Crippen molar-refractivity contribution in [2.45, 2.75) is 53.5 Å². The Balaban J connectivity index is 1.36. The molecule has 3 heterocycles. The number of carbonyl (C=O) groups excluding carboxylic acids is 1. The fraction of sp³-hybridized carbons (Fsp3) is 0.391. The molecule has 4 aromatic rings. The van der Waals surface area contributed by atoms with Crippen LogP contribution in [-0.4, -0.2) is 36.8 Å². The molecule has 3 aromatic heterocycles. The van der Waals surface area contributed by atoms with Gasteiger partial charge in [-0.2, -0.15) is 10.2 Å². The summed E-state index contributed by atoms with van der Waals surface area (Å²) < 4.78 is 3.89. The van der Waals surface area contributed by atoms with E-state index in [2.05, 4.69) is 35.4 Å². The highest BCUT2D eigenvalue weighted by atomic mass is 16.1. The summed E-state index contributed by atoms with van der Waals surface area (Å²) >= 11 is 0. The lowest BCUT2D eigenvalue weighted by Gasteiger charge is -2.11. The van der Waals surface area contributed by atoms with Crippen molar-refractivity contribution in [2.24, 2.45) is 0 Å². The molecule has 0 radical (unpaired) electrons. The summed E-state index contributed by atoms with van der Waals surface area (Å²) in [6.07, 6.45) is 1.95. The topological polar surface area (TPSA) is 77.1 Å². The third-order valence-corrected chi connectivity index (χ3v) is 5.59. The average Bonchev–Trinajstić information content (AvgIpc) is 3.24. The lowest BCUT2D eigenvalue weighted by atomic mass is 10.1. The second kappa shape index (κ2) is 8.26. The first-order valence-corrected chi connectivity index (χ1v) is 10.5. The van der Waals surface area contributed by atoms with Crippen LogP contribution in [0.1, 0.15) is 41.2 Å². The maximum absolute atomic E-state index is 12.3. The molecule has 7 nitrogen and oxygen atoms in total. The van der Waals surface area contributed by atoms with E-state index in [1.54, 1.807) is 0 Å². The van der Waals surface area contributed by atoms with Crippen molar-refractivity contribution in [3.63, 3.8) is 0 Å².